The average Bonchev–Trinajstić information content (AvgIpc) is 3.32. The lowest BCUT2D eigenvalue weighted by atomic mass is 9.64. The van der Waals surface area contributed by atoms with Crippen LogP contribution in [0.25, 0.3) is 10.9 Å². The third-order valence-corrected chi connectivity index (χ3v) is 9.38. The van der Waals surface area contributed by atoms with Crippen LogP contribution in [0.1, 0.15) is 77.3 Å². The van der Waals surface area contributed by atoms with Gasteiger partial charge in [-0.2, -0.15) is 5.26 Å². The van der Waals surface area contributed by atoms with Crippen LogP contribution in [0.3, 0.4) is 0 Å². The fourth-order valence-corrected chi connectivity index (χ4v) is 7.12. The lowest BCUT2D eigenvalue weighted by Gasteiger charge is -2.45. The van der Waals surface area contributed by atoms with Gasteiger partial charge in [-0.05, 0) is 62.4 Å². The topological polar surface area (TPSA) is 72.4 Å². The molecule has 38 heavy (non-hydrogen) atoms. The monoisotopic (exact) mass is 504 g/mol. The van der Waals surface area contributed by atoms with Crippen LogP contribution in [0.4, 0.5) is 5.69 Å². The lowest BCUT2D eigenvalue weighted by Crippen LogP contribution is -2.52. The molecule has 1 aromatic heterocycles. The molecule has 6 nitrogen and oxygen atoms in total. The van der Waals surface area contributed by atoms with Gasteiger partial charge in [0.25, 0.3) is 0 Å². The van der Waals surface area contributed by atoms with E-state index in [4.69, 9.17) is 4.74 Å². The van der Waals surface area contributed by atoms with E-state index in [2.05, 4.69) is 44.8 Å². The van der Waals surface area contributed by atoms with E-state index in [9.17, 15) is 10.1 Å². The maximum atomic E-state index is 14.2. The Bertz CT molecular complexity index is 1550. The first kappa shape index (κ1) is 23.5. The van der Waals surface area contributed by atoms with Crippen molar-refractivity contribution in [1.82, 2.24) is 9.88 Å². The highest BCUT2D eigenvalue weighted by molar-refractivity contribution is 6.20. The van der Waals surface area contributed by atoms with Crippen LogP contribution in [-0.4, -0.2) is 61.1 Å². The number of ether oxygens (including phenoxy) is 1. The molecule has 0 unspecified atom stereocenters. The third kappa shape index (κ3) is 3.44. The number of hydrogen-bond acceptors (Lipinski definition) is 5. The van der Waals surface area contributed by atoms with Crippen molar-refractivity contribution in [3.63, 3.8) is 0 Å². The quantitative estimate of drug-likeness (QED) is 0.511. The van der Waals surface area contributed by atoms with Gasteiger partial charge in [0.1, 0.15) is 0 Å². The van der Waals surface area contributed by atoms with E-state index in [1.165, 1.54) is 19.3 Å². The van der Waals surface area contributed by atoms with Crippen molar-refractivity contribution in [2.45, 2.75) is 50.5 Å². The number of nitriles is 1. The molecule has 0 radical (unpaired) electrons. The zero-order chi connectivity index (χ0) is 25.9. The van der Waals surface area contributed by atoms with Crippen molar-refractivity contribution in [1.29, 1.82) is 5.26 Å². The second kappa shape index (κ2) is 9.02. The Labute approximate surface area is 223 Å². The minimum atomic E-state index is -0.330. The number of H-pyrrole nitrogens is 1. The van der Waals surface area contributed by atoms with Gasteiger partial charge in [-0.3, -0.25) is 9.69 Å². The predicted molar refractivity (Wildman–Crippen MR) is 148 cm³/mol. The molecule has 6 heteroatoms. The number of anilines is 1. The Morgan fingerprint density at radius 3 is 2.55 bits per heavy atom. The Morgan fingerprint density at radius 2 is 1.87 bits per heavy atom. The minimum absolute atomic E-state index is 0.0450. The number of hydrogen-bond donors (Lipinski definition) is 1. The SMILES string of the molecule is CC#Cc1cc2c(cc1N1CCN(C3CCC3)CC1)C1(CCOCC1)c1[nH]c3cc(C#N)ccc3c1C2=O. The number of carbonyl (C=O) groups excluding carboxylic acids is 1. The summed E-state index contributed by atoms with van der Waals surface area (Å²) in [6.07, 6.45) is 5.65. The molecule has 7 rings (SSSR count). The maximum Gasteiger partial charge on any atom is 0.195 e. The number of fused-ring (bicyclic) bond motifs is 6. The van der Waals surface area contributed by atoms with Crippen LogP contribution >= 0.6 is 0 Å². The van der Waals surface area contributed by atoms with Gasteiger partial charge in [0.15, 0.2) is 5.78 Å². The highest BCUT2D eigenvalue weighted by Crippen LogP contribution is 2.50. The minimum Gasteiger partial charge on any atom is -0.381 e. The first-order valence-electron chi connectivity index (χ1n) is 13.9. The molecular formula is C32H32N4O2. The number of nitrogens with one attached hydrogen (secondary N) is 1. The summed E-state index contributed by atoms with van der Waals surface area (Å²) >= 11 is 0. The van der Waals surface area contributed by atoms with Crippen LogP contribution in [0, 0.1) is 23.2 Å². The molecule has 0 atom stereocenters. The second-order valence-corrected chi connectivity index (χ2v) is 11.2. The van der Waals surface area contributed by atoms with E-state index in [-0.39, 0.29) is 11.2 Å². The summed E-state index contributed by atoms with van der Waals surface area (Å²) in [7, 11) is 0. The first-order valence-corrected chi connectivity index (χ1v) is 13.9. The third-order valence-electron chi connectivity index (χ3n) is 9.38. The van der Waals surface area contributed by atoms with E-state index in [1.54, 1.807) is 6.07 Å². The normalized spacial score (nSPS) is 20.8. The van der Waals surface area contributed by atoms with Crippen molar-refractivity contribution >= 4 is 22.4 Å². The van der Waals surface area contributed by atoms with Crippen LogP contribution < -0.4 is 4.90 Å². The number of ketones is 1. The summed E-state index contributed by atoms with van der Waals surface area (Å²) in [5.41, 5.74) is 6.79. The van der Waals surface area contributed by atoms with E-state index in [0.29, 0.717) is 18.8 Å². The van der Waals surface area contributed by atoms with Gasteiger partial charge in [0, 0.05) is 78.6 Å². The molecule has 3 aromatic rings. The van der Waals surface area contributed by atoms with Crippen molar-refractivity contribution in [3.8, 4) is 17.9 Å². The van der Waals surface area contributed by atoms with Crippen LogP contribution in [-0.2, 0) is 10.2 Å². The summed E-state index contributed by atoms with van der Waals surface area (Å²) in [5.74, 6) is 6.48. The average molecular weight is 505 g/mol. The fraction of sp³-hybridized carbons (Fsp3) is 0.438. The van der Waals surface area contributed by atoms with Gasteiger partial charge in [-0.15, -0.1) is 5.92 Å². The molecule has 2 aliphatic carbocycles. The van der Waals surface area contributed by atoms with Gasteiger partial charge in [0.2, 0.25) is 0 Å². The lowest BCUT2D eigenvalue weighted by molar-refractivity contribution is 0.0602. The summed E-state index contributed by atoms with van der Waals surface area (Å²) in [5, 5.41) is 10.4. The molecule has 4 aliphatic rings. The largest absolute Gasteiger partial charge is 0.381 e. The Balaban J connectivity index is 1.38. The molecular weight excluding hydrogens is 472 g/mol. The number of rotatable bonds is 2. The van der Waals surface area contributed by atoms with E-state index in [1.807, 2.05) is 19.1 Å². The van der Waals surface area contributed by atoms with E-state index < -0.39 is 0 Å². The molecule has 3 fully saturated rings. The summed E-state index contributed by atoms with van der Waals surface area (Å²) in [4.78, 5) is 22.9. The number of nitrogens with zero attached hydrogens (tertiary/aromatic N) is 3. The van der Waals surface area contributed by atoms with Crippen molar-refractivity contribution in [2.75, 3.05) is 44.3 Å². The molecule has 2 aliphatic heterocycles. The number of carbonyl (C=O) groups is 1. The Morgan fingerprint density at radius 1 is 1.08 bits per heavy atom. The molecule has 192 valence electrons. The van der Waals surface area contributed by atoms with Gasteiger partial charge < -0.3 is 14.6 Å². The van der Waals surface area contributed by atoms with Gasteiger partial charge in [0.05, 0.1) is 22.9 Å². The summed E-state index contributed by atoms with van der Waals surface area (Å²) in [6, 6.07) is 12.9. The summed E-state index contributed by atoms with van der Waals surface area (Å²) < 4.78 is 5.84. The standard InChI is InChI=1S/C32H32N4O2/c1-2-4-22-18-25-26(19-28(22)36-13-11-35(12-14-36)23-5-3-6-23)32(9-15-38-16-10-32)31-29(30(25)37)24-8-7-21(20-33)17-27(24)34-31/h7-8,17-19,23,34H,3,5-6,9-16H2,1H3. The molecule has 1 spiro atoms. The van der Waals surface area contributed by atoms with Gasteiger partial charge in [-0.25, -0.2) is 0 Å². The zero-order valence-electron chi connectivity index (χ0n) is 21.9. The highest BCUT2D eigenvalue weighted by atomic mass is 16.5. The van der Waals surface area contributed by atoms with Gasteiger partial charge in [-0.1, -0.05) is 18.4 Å². The fourth-order valence-electron chi connectivity index (χ4n) is 7.12. The van der Waals surface area contributed by atoms with Crippen molar-refractivity contribution < 1.29 is 9.53 Å². The van der Waals surface area contributed by atoms with Crippen LogP contribution in [0.15, 0.2) is 30.3 Å². The molecule has 2 saturated heterocycles. The molecule has 1 saturated carbocycles. The molecule has 1 N–H and O–H groups in total. The molecule has 0 bridgehead atoms. The maximum absolute atomic E-state index is 14.2. The first-order chi connectivity index (χ1) is 18.6. The Hall–Kier alpha value is -3.58. The summed E-state index contributed by atoms with van der Waals surface area (Å²) in [6.45, 7) is 7.27. The van der Waals surface area contributed by atoms with Crippen molar-refractivity contribution in [3.05, 3.63) is 63.8 Å². The zero-order valence-corrected chi connectivity index (χ0v) is 21.9. The molecule has 2 aromatic carbocycles. The molecule has 0 amide bonds. The predicted octanol–water partition coefficient (Wildman–Crippen LogP) is 4.73. The number of aromatic nitrogens is 1. The number of benzene rings is 2. The van der Waals surface area contributed by atoms with Crippen LogP contribution in [0.5, 0.6) is 0 Å². The Kier molecular flexibility index (Phi) is 5.58. The van der Waals surface area contributed by atoms with E-state index >= 15 is 0 Å². The smallest absolute Gasteiger partial charge is 0.195 e. The van der Waals surface area contributed by atoms with Gasteiger partial charge >= 0.3 is 0 Å². The second-order valence-electron chi connectivity index (χ2n) is 11.2. The number of piperazine rings is 1. The van der Waals surface area contributed by atoms with Crippen molar-refractivity contribution in [2.24, 2.45) is 0 Å². The van der Waals surface area contributed by atoms with Crippen LogP contribution in [0.2, 0.25) is 0 Å². The number of aromatic amines is 1. The molecule has 3 heterocycles. The highest BCUT2D eigenvalue weighted by Gasteiger charge is 2.47. The van der Waals surface area contributed by atoms with E-state index in [0.717, 1.165) is 89.6 Å².